The lowest BCUT2D eigenvalue weighted by Crippen LogP contribution is -2.63. The van der Waals surface area contributed by atoms with Crippen molar-refractivity contribution in [1.29, 1.82) is 0 Å². The van der Waals surface area contributed by atoms with E-state index >= 15 is 0 Å². The molecule has 9 heteroatoms. The number of rotatable bonds is 2. The van der Waals surface area contributed by atoms with Crippen LogP contribution in [-0.4, -0.2) is 50.9 Å². The molecule has 3 N–H and O–H groups in total. The Morgan fingerprint density at radius 3 is 2.53 bits per heavy atom. The number of hydrogen-bond acceptors (Lipinski definition) is 5. The maximum absolute atomic E-state index is 12.4. The van der Waals surface area contributed by atoms with Crippen molar-refractivity contribution in [2.75, 3.05) is 7.05 Å². The molecular formula is C21H30Cl2N6O. The molecule has 4 heterocycles. The van der Waals surface area contributed by atoms with Crippen molar-refractivity contribution in [1.82, 2.24) is 25.5 Å². The predicted octanol–water partition coefficient (Wildman–Crippen LogP) is 3.47. The van der Waals surface area contributed by atoms with Gasteiger partial charge in [-0.2, -0.15) is 0 Å². The van der Waals surface area contributed by atoms with Crippen molar-refractivity contribution in [2.24, 2.45) is 4.99 Å². The van der Waals surface area contributed by atoms with E-state index in [0.29, 0.717) is 11.7 Å². The van der Waals surface area contributed by atoms with Gasteiger partial charge in [0.2, 0.25) is 5.96 Å². The molecule has 7 nitrogen and oxygen atoms in total. The zero-order valence-electron chi connectivity index (χ0n) is 17.9. The molecule has 0 bridgehead atoms. The first-order valence-electron chi connectivity index (χ1n) is 9.70. The number of piperidine rings is 1. The highest BCUT2D eigenvalue weighted by atomic mass is 35.5. The summed E-state index contributed by atoms with van der Waals surface area (Å²) in [4.78, 5) is 26.8. The Bertz CT molecular complexity index is 976. The van der Waals surface area contributed by atoms with Crippen LogP contribution in [0.4, 0.5) is 0 Å². The Morgan fingerprint density at radius 2 is 1.87 bits per heavy atom. The van der Waals surface area contributed by atoms with Crippen molar-refractivity contribution in [3.8, 4) is 0 Å². The molecule has 2 aromatic heterocycles. The van der Waals surface area contributed by atoms with Crippen LogP contribution in [0.3, 0.4) is 0 Å². The summed E-state index contributed by atoms with van der Waals surface area (Å²) in [6, 6.07) is 4.10. The summed E-state index contributed by atoms with van der Waals surface area (Å²) in [5.41, 5.74) is 2.24. The molecule has 0 radical (unpaired) electrons. The van der Waals surface area contributed by atoms with Crippen molar-refractivity contribution in [3.63, 3.8) is 0 Å². The lowest BCUT2D eigenvalue weighted by Gasteiger charge is -2.53. The molecule has 0 saturated carbocycles. The Kier molecular flexibility index (Phi) is 6.91. The maximum Gasteiger partial charge on any atom is 0.276 e. The van der Waals surface area contributed by atoms with Crippen LogP contribution in [0.25, 0.3) is 17.1 Å². The second kappa shape index (κ2) is 8.57. The summed E-state index contributed by atoms with van der Waals surface area (Å²) >= 11 is 0. The number of likely N-dealkylation sites (tertiary alicyclic amines) is 1. The van der Waals surface area contributed by atoms with E-state index < -0.39 is 0 Å². The number of aromatic amines is 1. The van der Waals surface area contributed by atoms with Crippen LogP contribution in [0.2, 0.25) is 0 Å². The van der Waals surface area contributed by atoms with Crippen molar-refractivity contribution in [2.45, 2.75) is 57.7 Å². The SMILES string of the molecule is CN1C(C)(C)CC(NC2=NC(=Cc3c[nH]c4ncccc34)C(=O)N2)CC1(C)C.Cl.Cl. The largest absolute Gasteiger partial charge is 0.353 e. The van der Waals surface area contributed by atoms with Gasteiger partial charge in [0.1, 0.15) is 11.3 Å². The quantitative estimate of drug-likeness (QED) is 0.608. The van der Waals surface area contributed by atoms with Gasteiger partial charge in [0.15, 0.2) is 0 Å². The van der Waals surface area contributed by atoms with E-state index in [-0.39, 0.29) is 47.8 Å². The number of fused-ring (bicyclic) bond motifs is 1. The molecule has 0 aliphatic carbocycles. The first-order chi connectivity index (χ1) is 13.2. The number of carbonyl (C=O) groups excluding carboxylic acids is 1. The van der Waals surface area contributed by atoms with E-state index in [1.54, 1.807) is 12.3 Å². The number of guanidine groups is 1. The molecule has 1 saturated heterocycles. The molecule has 1 amide bonds. The smallest absolute Gasteiger partial charge is 0.276 e. The Labute approximate surface area is 189 Å². The minimum Gasteiger partial charge on any atom is -0.353 e. The van der Waals surface area contributed by atoms with E-state index in [4.69, 9.17) is 0 Å². The minimum absolute atomic E-state index is 0. The summed E-state index contributed by atoms with van der Waals surface area (Å²) in [6.07, 6.45) is 7.35. The van der Waals surface area contributed by atoms with Crippen molar-refractivity contribution < 1.29 is 4.79 Å². The molecular weight excluding hydrogens is 423 g/mol. The van der Waals surface area contributed by atoms with E-state index in [1.807, 2.05) is 18.3 Å². The summed E-state index contributed by atoms with van der Waals surface area (Å²) in [6.45, 7) is 9.03. The molecule has 30 heavy (non-hydrogen) atoms. The van der Waals surface area contributed by atoms with Crippen LogP contribution in [0.1, 0.15) is 46.1 Å². The van der Waals surface area contributed by atoms with Gasteiger partial charge in [0.25, 0.3) is 5.91 Å². The molecule has 0 unspecified atom stereocenters. The lowest BCUT2D eigenvalue weighted by molar-refractivity contribution is -0.115. The third kappa shape index (κ3) is 4.48. The summed E-state index contributed by atoms with van der Waals surface area (Å²) in [5, 5.41) is 7.30. The number of amides is 1. The van der Waals surface area contributed by atoms with E-state index in [9.17, 15) is 4.79 Å². The molecule has 4 rings (SSSR count). The summed E-state index contributed by atoms with van der Waals surface area (Å²) < 4.78 is 0. The molecule has 0 atom stereocenters. The number of H-pyrrole nitrogens is 1. The number of pyridine rings is 1. The predicted molar refractivity (Wildman–Crippen MR) is 126 cm³/mol. The zero-order valence-corrected chi connectivity index (χ0v) is 19.6. The van der Waals surface area contributed by atoms with Gasteiger partial charge < -0.3 is 10.3 Å². The van der Waals surface area contributed by atoms with Crippen molar-refractivity contribution >= 4 is 53.8 Å². The third-order valence-electron chi connectivity index (χ3n) is 6.12. The summed E-state index contributed by atoms with van der Waals surface area (Å²) in [7, 11) is 2.18. The molecule has 0 aromatic carbocycles. The molecule has 2 aliphatic rings. The number of nitrogens with one attached hydrogen (secondary N) is 3. The van der Waals surface area contributed by atoms with Gasteiger partial charge in [-0.05, 0) is 65.8 Å². The molecule has 2 aromatic rings. The highest BCUT2D eigenvalue weighted by Gasteiger charge is 2.43. The van der Waals surface area contributed by atoms with Crippen LogP contribution in [-0.2, 0) is 4.79 Å². The van der Waals surface area contributed by atoms with Gasteiger partial charge in [-0.3, -0.25) is 15.0 Å². The fourth-order valence-corrected chi connectivity index (χ4v) is 4.45. The van der Waals surface area contributed by atoms with E-state index in [1.165, 1.54) is 0 Å². The topological polar surface area (TPSA) is 85.4 Å². The fourth-order valence-electron chi connectivity index (χ4n) is 4.45. The average Bonchev–Trinajstić information content (AvgIpc) is 3.16. The van der Waals surface area contributed by atoms with Crippen LogP contribution >= 0.6 is 24.8 Å². The normalized spacial score (nSPS) is 22.2. The van der Waals surface area contributed by atoms with Gasteiger partial charge in [-0.1, -0.05) is 0 Å². The van der Waals surface area contributed by atoms with Gasteiger partial charge in [-0.25, -0.2) is 9.98 Å². The van der Waals surface area contributed by atoms with Crippen LogP contribution < -0.4 is 10.6 Å². The number of hydrogen-bond donors (Lipinski definition) is 3. The van der Waals surface area contributed by atoms with Gasteiger partial charge in [0, 0.05) is 40.5 Å². The van der Waals surface area contributed by atoms with Gasteiger partial charge in [-0.15, -0.1) is 24.8 Å². The van der Waals surface area contributed by atoms with Gasteiger partial charge in [0.05, 0.1) is 0 Å². The van der Waals surface area contributed by atoms with Crippen LogP contribution in [0.15, 0.2) is 35.2 Å². The number of halogens is 2. The molecule has 164 valence electrons. The standard InChI is InChI=1S/C21H28N6O.2ClH/c1-20(2)10-14(11-21(3,4)27(20)5)24-19-25-16(18(28)26-19)9-13-12-23-17-15(13)7-6-8-22-17;;/h6-9,12,14H,10-11H2,1-5H3,(H,22,23)(H2,24,25,26,28);2*1H. The Hall–Kier alpha value is -2.09. The van der Waals surface area contributed by atoms with Gasteiger partial charge >= 0.3 is 0 Å². The number of aromatic nitrogens is 2. The first kappa shape index (κ1) is 24.2. The zero-order chi connectivity index (χ0) is 20.1. The van der Waals surface area contributed by atoms with Crippen LogP contribution in [0, 0.1) is 0 Å². The second-order valence-corrected chi connectivity index (χ2v) is 9.02. The molecule has 1 fully saturated rings. The Morgan fingerprint density at radius 1 is 1.20 bits per heavy atom. The van der Waals surface area contributed by atoms with E-state index in [2.05, 4.69) is 65.2 Å². The maximum atomic E-state index is 12.4. The van der Waals surface area contributed by atoms with Crippen molar-refractivity contribution in [3.05, 3.63) is 35.8 Å². The monoisotopic (exact) mass is 452 g/mol. The number of carbonyl (C=O) groups is 1. The molecule has 0 spiro atoms. The van der Waals surface area contributed by atoms with E-state index in [0.717, 1.165) is 29.4 Å². The average molecular weight is 453 g/mol. The lowest BCUT2D eigenvalue weighted by atomic mass is 9.77. The number of nitrogens with zero attached hydrogens (tertiary/aromatic N) is 3. The fraction of sp³-hybridized carbons (Fsp3) is 0.476. The second-order valence-electron chi connectivity index (χ2n) is 9.02. The number of aliphatic imine (C=N–C) groups is 1. The first-order valence-corrected chi connectivity index (χ1v) is 9.70. The Balaban J connectivity index is 0.00000160. The van der Waals surface area contributed by atoms with Crippen LogP contribution in [0.5, 0.6) is 0 Å². The molecule has 2 aliphatic heterocycles. The third-order valence-corrected chi connectivity index (χ3v) is 6.12. The summed E-state index contributed by atoms with van der Waals surface area (Å²) in [5.74, 6) is 0.350. The highest BCUT2D eigenvalue weighted by Crippen LogP contribution is 2.36. The minimum atomic E-state index is -0.188. The highest BCUT2D eigenvalue weighted by molar-refractivity contribution is 6.14.